The summed E-state index contributed by atoms with van der Waals surface area (Å²) in [5, 5.41) is 11.9. The maximum absolute atomic E-state index is 13.3. The maximum atomic E-state index is 13.3. The molecule has 0 bridgehead atoms. The van der Waals surface area contributed by atoms with Crippen molar-refractivity contribution in [3.63, 3.8) is 0 Å². The van der Waals surface area contributed by atoms with Crippen molar-refractivity contribution in [1.29, 1.82) is 0 Å². The summed E-state index contributed by atoms with van der Waals surface area (Å²) in [6, 6.07) is 27.6. The lowest BCUT2D eigenvalue weighted by Crippen LogP contribution is -2.44. The third-order valence-corrected chi connectivity index (χ3v) is 8.10. The van der Waals surface area contributed by atoms with E-state index in [4.69, 9.17) is 16.6 Å². The number of carbonyl (C=O) groups excluding carboxylic acids is 1. The van der Waals surface area contributed by atoms with Crippen LogP contribution in [0.4, 0.5) is 16.3 Å². The molecular formula is C31H28BrClN6O. The molecule has 0 aliphatic carbocycles. The van der Waals surface area contributed by atoms with Crippen LogP contribution in [0.25, 0.3) is 28.0 Å². The number of hydrogen-bond donors (Lipinski definition) is 2. The molecule has 1 fully saturated rings. The average molecular weight is 616 g/mol. The minimum Gasteiger partial charge on any atom is -0.370 e. The highest BCUT2D eigenvalue weighted by Crippen LogP contribution is 2.31. The number of piperidine rings is 1. The number of halogens is 2. The number of fused-ring (bicyclic) bond motifs is 1. The maximum Gasteiger partial charge on any atom is 0.321 e. The number of amides is 2. The van der Waals surface area contributed by atoms with Gasteiger partial charge in [0, 0.05) is 41.9 Å². The Morgan fingerprint density at radius 3 is 2.58 bits per heavy atom. The monoisotopic (exact) mass is 614 g/mol. The molecule has 1 aliphatic rings. The van der Waals surface area contributed by atoms with Gasteiger partial charge in [-0.2, -0.15) is 9.61 Å². The van der Waals surface area contributed by atoms with Crippen LogP contribution >= 0.6 is 27.5 Å². The molecule has 2 amide bonds. The van der Waals surface area contributed by atoms with Crippen molar-refractivity contribution in [3.05, 3.63) is 101 Å². The molecule has 1 saturated heterocycles. The summed E-state index contributed by atoms with van der Waals surface area (Å²) in [6.07, 6.45) is 3.72. The average Bonchev–Trinajstić information content (AvgIpc) is 3.37. The molecule has 0 radical (unpaired) electrons. The van der Waals surface area contributed by atoms with Crippen molar-refractivity contribution < 1.29 is 4.79 Å². The summed E-state index contributed by atoms with van der Waals surface area (Å²) >= 11 is 10.1. The van der Waals surface area contributed by atoms with Crippen LogP contribution in [0.3, 0.4) is 0 Å². The van der Waals surface area contributed by atoms with Crippen LogP contribution in [0.5, 0.6) is 0 Å². The lowest BCUT2D eigenvalue weighted by atomic mass is 9.98. The molecule has 3 aromatic carbocycles. The minimum absolute atomic E-state index is 0.0728. The molecule has 2 N–H and O–H groups in total. The molecule has 0 saturated carbocycles. The summed E-state index contributed by atoms with van der Waals surface area (Å²) in [6.45, 7) is 2.10. The first-order valence-corrected chi connectivity index (χ1v) is 14.5. The second-order valence-electron chi connectivity index (χ2n) is 9.91. The quantitative estimate of drug-likeness (QED) is 0.204. The number of benzene rings is 3. The SMILES string of the molecule is O=C(Nc1ccccc1-c1ccccc1)N1CCCC(CNc2cc(-c3ccccc3Cl)nc3c(Br)cnn23)C1. The predicted octanol–water partition coefficient (Wildman–Crippen LogP) is 7.84. The first-order chi connectivity index (χ1) is 19.6. The van der Waals surface area contributed by atoms with Gasteiger partial charge in [0.25, 0.3) is 0 Å². The highest BCUT2D eigenvalue weighted by molar-refractivity contribution is 9.10. The van der Waals surface area contributed by atoms with Gasteiger partial charge >= 0.3 is 6.03 Å². The fourth-order valence-corrected chi connectivity index (χ4v) is 5.77. The first kappa shape index (κ1) is 26.3. The second kappa shape index (κ2) is 11.7. The number of carbonyl (C=O) groups is 1. The zero-order chi connectivity index (χ0) is 27.5. The highest BCUT2D eigenvalue weighted by Gasteiger charge is 2.25. The van der Waals surface area contributed by atoms with Crippen LogP contribution in [0.15, 0.2) is 95.6 Å². The molecule has 5 aromatic rings. The molecule has 1 atom stereocenters. The van der Waals surface area contributed by atoms with Gasteiger partial charge in [0.15, 0.2) is 5.65 Å². The van der Waals surface area contributed by atoms with Crippen molar-refractivity contribution in [3.8, 4) is 22.4 Å². The summed E-state index contributed by atoms with van der Waals surface area (Å²) < 4.78 is 2.60. The van der Waals surface area contributed by atoms with E-state index in [-0.39, 0.29) is 11.9 Å². The van der Waals surface area contributed by atoms with Gasteiger partial charge in [-0.05, 0) is 52.4 Å². The minimum atomic E-state index is -0.0728. The van der Waals surface area contributed by atoms with Crippen LogP contribution < -0.4 is 10.6 Å². The van der Waals surface area contributed by atoms with Crippen molar-refractivity contribution >= 4 is 50.7 Å². The van der Waals surface area contributed by atoms with Gasteiger partial charge in [0.05, 0.1) is 22.1 Å². The molecule has 2 aromatic heterocycles. The molecule has 1 aliphatic heterocycles. The molecule has 7 nitrogen and oxygen atoms in total. The summed E-state index contributed by atoms with van der Waals surface area (Å²) in [7, 11) is 0. The normalized spacial score (nSPS) is 15.2. The molecule has 1 unspecified atom stereocenters. The molecule has 202 valence electrons. The number of rotatable bonds is 6. The zero-order valence-electron chi connectivity index (χ0n) is 21.7. The Balaban J connectivity index is 1.16. The molecule has 3 heterocycles. The van der Waals surface area contributed by atoms with E-state index >= 15 is 0 Å². The van der Waals surface area contributed by atoms with E-state index in [0.717, 1.165) is 57.7 Å². The summed E-state index contributed by atoms with van der Waals surface area (Å²) in [4.78, 5) is 20.0. The Morgan fingerprint density at radius 1 is 1.00 bits per heavy atom. The van der Waals surface area contributed by atoms with Crippen LogP contribution in [0.1, 0.15) is 12.8 Å². The van der Waals surface area contributed by atoms with Crippen molar-refractivity contribution in [1.82, 2.24) is 19.5 Å². The number of hydrogen-bond acceptors (Lipinski definition) is 4. The molecule has 0 spiro atoms. The number of urea groups is 1. The standard InChI is InChI=1S/C31H28BrClN6O/c32-25-19-35-39-29(17-28(36-30(25)39)24-13-4-6-14-26(24)33)34-18-21-9-8-16-38(20-21)31(40)37-27-15-7-5-12-23(27)22-10-2-1-3-11-22/h1-7,10-15,17,19,21,34H,8-9,16,18,20H2,(H,37,40). The van der Waals surface area contributed by atoms with Crippen LogP contribution in [0, 0.1) is 5.92 Å². The smallest absolute Gasteiger partial charge is 0.321 e. The van der Waals surface area contributed by atoms with E-state index in [1.807, 2.05) is 77.7 Å². The number of para-hydroxylation sites is 1. The van der Waals surface area contributed by atoms with Crippen LogP contribution in [-0.2, 0) is 0 Å². The van der Waals surface area contributed by atoms with E-state index in [0.29, 0.717) is 23.8 Å². The number of likely N-dealkylation sites (tertiary alicyclic amines) is 1. The van der Waals surface area contributed by atoms with Crippen molar-refractivity contribution in [2.24, 2.45) is 5.92 Å². The Bertz CT molecular complexity index is 1660. The predicted molar refractivity (Wildman–Crippen MR) is 165 cm³/mol. The van der Waals surface area contributed by atoms with Gasteiger partial charge in [-0.25, -0.2) is 9.78 Å². The Kier molecular flexibility index (Phi) is 7.71. The highest BCUT2D eigenvalue weighted by atomic mass is 79.9. The lowest BCUT2D eigenvalue weighted by molar-refractivity contribution is 0.180. The van der Waals surface area contributed by atoms with E-state index in [9.17, 15) is 4.79 Å². The fourth-order valence-electron chi connectivity index (χ4n) is 5.19. The van der Waals surface area contributed by atoms with Crippen molar-refractivity contribution in [2.45, 2.75) is 12.8 Å². The van der Waals surface area contributed by atoms with Crippen LogP contribution in [0.2, 0.25) is 5.02 Å². The number of aromatic nitrogens is 3. The van der Waals surface area contributed by atoms with Gasteiger partial charge in [0.1, 0.15) is 5.82 Å². The number of nitrogens with one attached hydrogen (secondary N) is 2. The second-order valence-corrected chi connectivity index (χ2v) is 11.2. The lowest BCUT2D eigenvalue weighted by Gasteiger charge is -2.33. The topological polar surface area (TPSA) is 74.6 Å². The van der Waals surface area contributed by atoms with E-state index < -0.39 is 0 Å². The third kappa shape index (κ3) is 5.55. The van der Waals surface area contributed by atoms with Gasteiger partial charge in [0.2, 0.25) is 0 Å². The Hall–Kier alpha value is -3.88. The number of nitrogens with zero attached hydrogens (tertiary/aromatic N) is 4. The van der Waals surface area contributed by atoms with Crippen molar-refractivity contribution in [2.75, 3.05) is 30.3 Å². The van der Waals surface area contributed by atoms with Gasteiger partial charge < -0.3 is 15.5 Å². The van der Waals surface area contributed by atoms with Gasteiger partial charge in [-0.15, -0.1) is 0 Å². The van der Waals surface area contributed by atoms with E-state index in [2.05, 4.69) is 43.8 Å². The Morgan fingerprint density at radius 2 is 1.75 bits per heavy atom. The summed E-state index contributed by atoms with van der Waals surface area (Å²) in [5.74, 6) is 1.11. The zero-order valence-corrected chi connectivity index (χ0v) is 24.1. The Labute approximate surface area is 246 Å². The third-order valence-electron chi connectivity index (χ3n) is 7.21. The van der Waals surface area contributed by atoms with E-state index in [1.54, 1.807) is 10.7 Å². The fraction of sp³-hybridized carbons (Fsp3) is 0.194. The van der Waals surface area contributed by atoms with Gasteiger partial charge in [-0.3, -0.25) is 0 Å². The van der Waals surface area contributed by atoms with E-state index in [1.165, 1.54) is 0 Å². The summed E-state index contributed by atoms with van der Waals surface area (Å²) in [5.41, 5.74) is 5.23. The molecule has 6 rings (SSSR count). The molecule has 9 heteroatoms. The first-order valence-electron chi connectivity index (χ1n) is 13.3. The van der Waals surface area contributed by atoms with Gasteiger partial charge in [-0.1, -0.05) is 78.3 Å². The molecule has 40 heavy (non-hydrogen) atoms. The largest absolute Gasteiger partial charge is 0.370 e. The number of anilines is 2. The molecular weight excluding hydrogens is 588 g/mol. The van der Waals surface area contributed by atoms with Crippen LogP contribution in [-0.4, -0.2) is 45.2 Å².